The fraction of sp³-hybridized carbons (Fsp3) is 0.545. The number of carbonyl (C=O) groups excluding carboxylic acids is 1. The van der Waals surface area contributed by atoms with E-state index in [4.69, 9.17) is 4.42 Å². The summed E-state index contributed by atoms with van der Waals surface area (Å²) >= 11 is 0. The van der Waals surface area contributed by atoms with Crippen LogP contribution in [0, 0.1) is 5.92 Å². The SMILES string of the molecule is CC1CC2C(=O)Nc3occc3CN2C1. The van der Waals surface area contributed by atoms with E-state index in [2.05, 4.69) is 17.1 Å². The number of furan rings is 1. The van der Waals surface area contributed by atoms with Gasteiger partial charge >= 0.3 is 0 Å². The van der Waals surface area contributed by atoms with Gasteiger partial charge in [0.2, 0.25) is 11.8 Å². The first-order valence-electron chi connectivity index (χ1n) is 5.35. The number of hydrogen-bond donors (Lipinski definition) is 1. The maximum absolute atomic E-state index is 11.9. The number of hydrogen-bond acceptors (Lipinski definition) is 3. The molecule has 2 unspecified atom stereocenters. The van der Waals surface area contributed by atoms with Gasteiger partial charge in [-0.1, -0.05) is 6.92 Å². The van der Waals surface area contributed by atoms with E-state index in [0.717, 1.165) is 25.1 Å². The summed E-state index contributed by atoms with van der Waals surface area (Å²) in [6, 6.07) is 1.96. The molecule has 0 aliphatic carbocycles. The summed E-state index contributed by atoms with van der Waals surface area (Å²) in [6.07, 6.45) is 2.58. The molecule has 0 radical (unpaired) electrons. The topological polar surface area (TPSA) is 45.5 Å². The number of fused-ring (bicyclic) bond motifs is 2. The smallest absolute Gasteiger partial charge is 0.244 e. The minimum absolute atomic E-state index is 0.0302. The van der Waals surface area contributed by atoms with Crippen LogP contribution in [0.3, 0.4) is 0 Å². The van der Waals surface area contributed by atoms with Crippen molar-refractivity contribution >= 4 is 11.8 Å². The van der Waals surface area contributed by atoms with E-state index in [1.807, 2.05) is 6.07 Å². The van der Waals surface area contributed by atoms with Crippen LogP contribution in [0.1, 0.15) is 18.9 Å². The van der Waals surface area contributed by atoms with Crippen molar-refractivity contribution in [3.8, 4) is 0 Å². The zero-order valence-electron chi connectivity index (χ0n) is 8.69. The van der Waals surface area contributed by atoms with Crippen molar-refractivity contribution in [2.75, 3.05) is 11.9 Å². The maximum Gasteiger partial charge on any atom is 0.244 e. The van der Waals surface area contributed by atoms with Gasteiger partial charge in [-0.25, -0.2) is 0 Å². The quantitative estimate of drug-likeness (QED) is 0.698. The molecule has 2 aliphatic rings. The van der Waals surface area contributed by atoms with E-state index >= 15 is 0 Å². The summed E-state index contributed by atoms with van der Waals surface area (Å²) < 4.78 is 5.24. The molecule has 4 nitrogen and oxygen atoms in total. The molecule has 1 N–H and O–H groups in total. The first kappa shape index (κ1) is 8.97. The van der Waals surface area contributed by atoms with Crippen molar-refractivity contribution in [1.29, 1.82) is 0 Å². The Morgan fingerprint density at radius 3 is 3.33 bits per heavy atom. The molecule has 0 bridgehead atoms. The van der Waals surface area contributed by atoms with Gasteiger partial charge in [0.05, 0.1) is 12.3 Å². The first-order valence-corrected chi connectivity index (χ1v) is 5.35. The highest BCUT2D eigenvalue weighted by atomic mass is 16.3. The number of rotatable bonds is 0. The summed E-state index contributed by atoms with van der Waals surface area (Å²) in [5.74, 6) is 1.31. The zero-order chi connectivity index (χ0) is 10.4. The van der Waals surface area contributed by atoms with Crippen LogP contribution in [-0.2, 0) is 11.3 Å². The summed E-state index contributed by atoms with van der Waals surface area (Å²) in [5, 5.41) is 2.85. The van der Waals surface area contributed by atoms with Crippen LogP contribution in [-0.4, -0.2) is 23.4 Å². The van der Waals surface area contributed by atoms with Gasteiger partial charge in [0.15, 0.2) is 0 Å². The third-order valence-corrected chi connectivity index (χ3v) is 3.27. The van der Waals surface area contributed by atoms with Crippen LogP contribution in [0.15, 0.2) is 16.7 Å². The van der Waals surface area contributed by atoms with E-state index in [9.17, 15) is 4.79 Å². The second-order valence-electron chi connectivity index (χ2n) is 4.55. The van der Waals surface area contributed by atoms with Gasteiger partial charge in [-0.05, 0) is 18.4 Å². The molecule has 80 valence electrons. The second kappa shape index (κ2) is 3.10. The van der Waals surface area contributed by atoms with E-state index in [0.29, 0.717) is 11.8 Å². The van der Waals surface area contributed by atoms with Crippen molar-refractivity contribution in [3.05, 3.63) is 17.9 Å². The highest BCUT2D eigenvalue weighted by Crippen LogP contribution is 2.31. The minimum Gasteiger partial charge on any atom is -0.448 e. The van der Waals surface area contributed by atoms with Gasteiger partial charge in [0, 0.05) is 18.7 Å². The molecule has 0 saturated carbocycles. The molecule has 0 spiro atoms. The fourth-order valence-electron chi connectivity index (χ4n) is 2.56. The maximum atomic E-state index is 11.9. The van der Waals surface area contributed by atoms with E-state index < -0.39 is 0 Å². The van der Waals surface area contributed by atoms with Gasteiger partial charge in [-0.15, -0.1) is 0 Å². The van der Waals surface area contributed by atoms with Crippen molar-refractivity contribution < 1.29 is 9.21 Å². The van der Waals surface area contributed by atoms with Crippen LogP contribution in [0.4, 0.5) is 5.88 Å². The Morgan fingerprint density at radius 1 is 1.60 bits per heavy atom. The summed E-state index contributed by atoms with van der Waals surface area (Å²) in [7, 11) is 0. The Kier molecular flexibility index (Phi) is 1.85. The molecule has 4 heteroatoms. The average Bonchev–Trinajstić information content (AvgIpc) is 2.73. The number of amides is 1. The number of anilines is 1. The molecule has 0 aromatic carbocycles. The summed E-state index contributed by atoms with van der Waals surface area (Å²) in [6.45, 7) is 4.01. The molecule has 1 aromatic heterocycles. The standard InChI is InChI=1S/C11H14N2O2/c1-7-4-9-10(14)12-11-8(2-3-15-11)6-13(9)5-7/h2-3,7,9H,4-6H2,1H3,(H,12,14). The lowest BCUT2D eigenvalue weighted by atomic mass is 10.1. The van der Waals surface area contributed by atoms with Gasteiger partial charge in [-0.3, -0.25) is 15.0 Å². The van der Waals surface area contributed by atoms with Gasteiger partial charge in [0.25, 0.3) is 0 Å². The van der Waals surface area contributed by atoms with Crippen molar-refractivity contribution in [3.63, 3.8) is 0 Å². The zero-order valence-corrected chi connectivity index (χ0v) is 8.69. The lowest BCUT2D eigenvalue weighted by Gasteiger charge is -2.18. The summed E-state index contributed by atoms with van der Waals surface area (Å²) in [4.78, 5) is 14.1. The van der Waals surface area contributed by atoms with Crippen molar-refractivity contribution in [1.82, 2.24) is 4.90 Å². The summed E-state index contributed by atoms with van der Waals surface area (Å²) in [5.41, 5.74) is 1.08. The highest BCUT2D eigenvalue weighted by molar-refractivity contribution is 5.95. The number of nitrogens with one attached hydrogen (secondary N) is 1. The molecule has 1 aromatic rings. The Labute approximate surface area is 88.2 Å². The Morgan fingerprint density at radius 2 is 2.47 bits per heavy atom. The second-order valence-corrected chi connectivity index (χ2v) is 4.55. The molecule has 1 saturated heterocycles. The Hall–Kier alpha value is -1.29. The minimum atomic E-state index is 0.0302. The fourth-order valence-corrected chi connectivity index (χ4v) is 2.56. The van der Waals surface area contributed by atoms with Crippen molar-refractivity contribution in [2.24, 2.45) is 5.92 Å². The third-order valence-electron chi connectivity index (χ3n) is 3.27. The molecular weight excluding hydrogens is 192 g/mol. The number of carbonyl (C=O) groups is 1. The highest BCUT2D eigenvalue weighted by Gasteiger charge is 2.37. The molecule has 2 atom stereocenters. The molecule has 1 amide bonds. The third kappa shape index (κ3) is 1.36. The average molecular weight is 206 g/mol. The van der Waals surface area contributed by atoms with E-state index in [-0.39, 0.29) is 11.9 Å². The lowest BCUT2D eigenvalue weighted by molar-refractivity contribution is -0.120. The van der Waals surface area contributed by atoms with Crippen LogP contribution in [0.25, 0.3) is 0 Å². The van der Waals surface area contributed by atoms with Crippen LogP contribution in [0.5, 0.6) is 0 Å². The Balaban J connectivity index is 1.95. The van der Waals surface area contributed by atoms with Gasteiger partial charge < -0.3 is 4.42 Å². The monoisotopic (exact) mass is 206 g/mol. The van der Waals surface area contributed by atoms with E-state index in [1.165, 1.54) is 0 Å². The van der Waals surface area contributed by atoms with Crippen LogP contribution in [0.2, 0.25) is 0 Å². The lowest BCUT2D eigenvalue weighted by Crippen LogP contribution is -2.36. The predicted molar refractivity (Wildman–Crippen MR) is 55.3 cm³/mol. The molecule has 1 fully saturated rings. The molecule has 2 aliphatic heterocycles. The predicted octanol–water partition coefficient (Wildman–Crippen LogP) is 1.44. The van der Waals surface area contributed by atoms with Crippen LogP contribution < -0.4 is 5.32 Å². The van der Waals surface area contributed by atoms with Gasteiger partial charge in [-0.2, -0.15) is 0 Å². The molecule has 15 heavy (non-hydrogen) atoms. The molecular formula is C11H14N2O2. The first-order chi connectivity index (χ1) is 7.24. The van der Waals surface area contributed by atoms with Crippen LogP contribution >= 0.6 is 0 Å². The molecule has 3 rings (SSSR count). The molecule has 3 heterocycles. The normalized spacial score (nSPS) is 30.6. The van der Waals surface area contributed by atoms with Crippen molar-refractivity contribution in [2.45, 2.75) is 25.9 Å². The largest absolute Gasteiger partial charge is 0.448 e. The van der Waals surface area contributed by atoms with E-state index in [1.54, 1.807) is 6.26 Å². The Bertz CT molecular complexity index is 399. The van der Waals surface area contributed by atoms with Gasteiger partial charge in [0.1, 0.15) is 0 Å². The number of nitrogens with zero attached hydrogens (tertiary/aromatic N) is 1.